The summed E-state index contributed by atoms with van der Waals surface area (Å²) in [6.45, 7) is 3.15. The molecule has 2 rings (SSSR count). The third-order valence-corrected chi connectivity index (χ3v) is 3.07. The van der Waals surface area contributed by atoms with Crippen LogP contribution < -0.4 is 5.73 Å². The van der Waals surface area contributed by atoms with Gasteiger partial charge in [-0.3, -0.25) is 4.90 Å². The van der Waals surface area contributed by atoms with E-state index in [1.165, 1.54) is 18.2 Å². The van der Waals surface area contributed by atoms with Gasteiger partial charge in [-0.25, -0.2) is 4.39 Å². The first-order chi connectivity index (χ1) is 8.72. The highest BCUT2D eigenvalue weighted by atomic mass is 19.1. The lowest BCUT2D eigenvalue weighted by Gasteiger charge is -2.32. The number of ether oxygens (including phenoxy) is 1. The lowest BCUT2D eigenvalue weighted by molar-refractivity contribution is -0.0260. The number of nitrogens with two attached hydrogens (primary N) is 1. The van der Waals surface area contributed by atoms with Crippen LogP contribution >= 0.6 is 0 Å². The van der Waals surface area contributed by atoms with Gasteiger partial charge >= 0.3 is 0 Å². The van der Waals surface area contributed by atoms with E-state index in [2.05, 4.69) is 11.0 Å². The molecule has 1 aliphatic heterocycles. The van der Waals surface area contributed by atoms with E-state index in [1.807, 2.05) is 0 Å². The minimum Gasteiger partial charge on any atom is -0.374 e. The highest BCUT2D eigenvalue weighted by molar-refractivity contribution is 5.37. The molecule has 1 aliphatic rings. The Hall–Kier alpha value is -1.48. The Morgan fingerprint density at radius 1 is 1.56 bits per heavy atom. The molecule has 0 bridgehead atoms. The van der Waals surface area contributed by atoms with Crippen LogP contribution in [0.25, 0.3) is 0 Å². The average Bonchev–Trinajstić information content (AvgIpc) is 2.39. The van der Waals surface area contributed by atoms with E-state index >= 15 is 0 Å². The normalized spacial score (nSPS) is 20.6. The average molecular weight is 249 g/mol. The maximum Gasteiger partial charge on any atom is 0.123 e. The molecule has 5 heteroatoms. The van der Waals surface area contributed by atoms with E-state index in [1.54, 1.807) is 0 Å². The minimum atomic E-state index is -0.312. The highest BCUT2D eigenvalue weighted by Gasteiger charge is 2.20. The van der Waals surface area contributed by atoms with E-state index < -0.39 is 0 Å². The Balaban J connectivity index is 2.09. The Bertz CT molecular complexity index is 458. The van der Waals surface area contributed by atoms with E-state index in [0.29, 0.717) is 25.3 Å². The van der Waals surface area contributed by atoms with Gasteiger partial charge in [-0.15, -0.1) is 0 Å². The van der Waals surface area contributed by atoms with Crippen molar-refractivity contribution in [2.45, 2.75) is 12.6 Å². The quantitative estimate of drug-likeness (QED) is 0.863. The van der Waals surface area contributed by atoms with Crippen LogP contribution in [-0.4, -0.2) is 37.2 Å². The van der Waals surface area contributed by atoms with Gasteiger partial charge in [0.2, 0.25) is 0 Å². The van der Waals surface area contributed by atoms with E-state index in [4.69, 9.17) is 15.7 Å². The van der Waals surface area contributed by atoms with Crippen molar-refractivity contribution in [2.75, 3.05) is 26.2 Å². The van der Waals surface area contributed by atoms with Gasteiger partial charge < -0.3 is 10.5 Å². The molecule has 2 N–H and O–H groups in total. The summed E-state index contributed by atoms with van der Waals surface area (Å²) in [7, 11) is 0. The van der Waals surface area contributed by atoms with Crippen molar-refractivity contribution < 1.29 is 9.13 Å². The number of hydrogen-bond acceptors (Lipinski definition) is 4. The molecular formula is C13H16FN3O. The lowest BCUT2D eigenvalue weighted by atomic mass is 10.1. The topological polar surface area (TPSA) is 62.3 Å². The Morgan fingerprint density at radius 2 is 2.39 bits per heavy atom. The lowest BCUT2D eigenvalue weighted by Crippen LogP contribution is -2.45. The van der Waals surface area contributed by atoms with E-state index in [9.17, 15) is 4.39 Å². The zero-order valence-electron chi connectivity index (χ0n) is 10.1. The number of halogens is 1. The summed E-state index contributed by atoms with van der Waals surface area (Å²) >= 11 is 0. The molecule has 1 aromatic carbocycles. The Labute approximate surface area is 106 Å². The molecule has 96 valence electrons. The van der Waals surface area contributed by atoms with Crippen LogP contribution in [0.3, 0.4) is 0 Å². The van der Waals surface area contributed by atoms with Crippen molar-refractivity contribution in [3.63, 3.8) is 0 Å². The first-order valence-corrected chi connectivity index (χ1v) is 5.95. The van der Waals surface area contributed by atoms with Gasteiger partial charge in [0.1, 0.15) is 5.82 Å². The van der Waals surface area contributed by atoms with Gasteiger partial charge in [0.05, 0.1) is 24.3 Å². The van der Waals surface area contributed by atoms with Gasteiger partial charge in [0.15, 0.2) is 0 Å². The molecule has 0 radical (unpaired) electrons. The molecular weight excluding hydrogens is 233 g/mol. The molecule has 1 aromatic rings. The fraction of sp³-hybridized carbons (Fsp3) is 0.462. The van der Waals surface area contributed by atoms with Gasteiger partial charge in [-0.2, -0.15) is 5.26 Å². The highest BCUT2D eigenvalue weighted by Crippen LogP contribution is 2.15. The van der Waals surface area contributed by atoms with Gasteiger partial charge in [0.25, 0.3) is 0 Å². The Morgan fingerprint density at radius 3 is 3.11 bits per heavy atom. The Kier molecular flexibility index (Phi) is 4.26. The summed E-state index contributed by atoms with van der Waals surface area (Å²) in [4.78, 5) is 2.14. The predicted octanol–water partition coefficient (Wildman–Crippen LogP) is 0.857. The molecule has 0 spiro atoms. The van der Waals surface area contributed by atoms with Crippen molar-refractivity contribution in [1.82, 2.24) is 4.90 Å². The molecule has 0 aromatic heterocycles. The first-order valence-electron chi connectivity index (χ1n) is 5.95. The van der Waals surface area contributed by atoms with Crippen LogP contribution in [0.5, 0.6) is 0 Å². The fourth-order valence-corrected chi connectivity index (χ4v) is 2.11. The van der Waals surface area contributed by atoms with Gasteiger partial charge in [0, 0.05) is 26.2 Å². The standard InChI is InChI=1S/C13H16FN3O/c14-12-2-1-10(6-15)11(5-12)8-17-3-4-18-13(7-16)9-17/h1-2,5,13H,3-4,7-9,16H2. The number of hydrogen-bond donors (Lipinski definition) is 1. The predicted molar refractivity (Wildman–Crippen MR) is 65.2 cm³/mol. The number of rotatable bonds is 3. The fourth-order valence-electron chi connectivity index (χ4n) is 2.11. The maximum atomic E-state index is 13.2. The van der Waals surface area contributed by atoms with Crippen molar-refractivity contribution >= 4 is 0 Å². The minimum absolute atomic E-state index is 0.0258. The first kappa shape index (κ1) is 13.0. The maximum absolute atomic E-state index is 13.2. The van der Waals surface area contributed by atoms with Crippen molar-refractivity contribution in [3.8, 4) is 6.07 Å². The molecule has 4 nitrogen and oxygen atoms in total. The second-order valence-electron chi connectivity index (χ2n) is 4.38. The third-order valence-electron chi connectivity index (χ3n) is 3.07. The zero-order valence-corrected chi connectivity index (χ0v) is 10.1. The summed E-state index contributed by atoms with van der Waals surface area (Å²) in [6, 6.07) is 6.34. The van der Waals surface area contributed by atoms with Crippen LogP contribution in [-0.2, 0) is 11.3 Å². The monoisotopic (exact) mass is 249 g/mol. The summed E-state index contributed by atoms with van der Waals surface area (Å²) in [6.07, 6.45) is 0.0258. The second kappa shape index (κ2) is 5.91. The number of nitrogens with zero attached hydrogens (tertiary/aromatic N) is 2. The van der Waals surface area contributed by atoms with E-state index in [-0.39, 0.29) is 11.9 Å². The molecule has 1 saturated heterocycles. The summed E-state index contributed by atoms with van der Waals surface area (Å²) in [5.74, 6) is -0.312. The number of morpholine rings is 1. The SMILES string of the molecule is N#Cc1ccc(F)cc1CN1CCOC(CN)C1. The molecule has 1 heterocycles. The van der Waals surface area contributed by atoms with Crippen LogP contribution in [0.1, 0.15) is 11.1 Å². The molecule has 1 fully saturated rings. The van der Waals surface area contributed by atoms with Crippen LogP contribution in [0.2, 0.25) is 0 Å². The van der Waals surface area contributed by atoms with Crippen molar-refractivity contribution in [2.24, 2.45) is 5.73 Å². The van der Waals surface area contributed by atoms with Crippen LogP contribution in [0.4, 0.5) is 4.39 Å². The van der Waals surface area contributed by atoms with Crippen molar-refractivity contribution in [1.29, 1.82) is 5.26 Å². The largest absolute Gasteiger partial charge is 0.374 e. The van der Waals surface area contributed by atoms with Gasteiger partial charge in [-0.1, -0.05) is 0 Å². The molecule has 0 saturated carbocycles. The summed E-state index contributed by atoms with van der Waals surface area (Å²) in [5.41, 5.74) is 6.81. The molecule has 0 amide bonds. The smallest absolute Gasteiger partial charge is 0.123 e. The van der Waals surface area contributed by atoms with E-state index in [0.717, 1.165) is 18.7 Å². The summed E-state index contributed by atoms with van der Waals surface area (Å²) < 4.78 is 18.7. The molecule has 1 unspecified atom stereocenters. The molecule has 0 aliphatic carbocycles. The third kappa shape index (κ3) is 3.05. The number of nitriles is 1. The molecule has 1 atom stereocenters. The van der Waals surface area contributed by atoms with Crippen LogP contribution in [0, 0.1) is 17.1 Å². The second-order valence-corrected chi connectivity index (χ2v) is 4.38. The summed E-state index contributed by atoms with van der Waals surface area (Å²) in [5, 5.41) is 9.00. The van der Waals surface area contributed by atoms with Crippen molar-refractivity contribution in [3.05, 3.63) is 35.1 Å². The van der Waals surface area contributed by atoms with Gasteiger partial charge in [-0.05, 0) is 23.8 Å². The van der Waals surface area contributed by atoms with Crippen LogP contribution in [0.15, 0.2) is 18.2 Å². The molecule has 18 heavy (non-hydrogen) atoms. The zero-order chi connectivity index (χ0) is 13.0. The number of benzene rings is 1.